The van der Waals surface area contributed by atoms with Gasteiger partial charge in [-0.3, -0.25) is 0 Å². The van der Waals surface area contributed by atoms with E-state index in [1.807, 2.05) is 0 Å². The number of hydrogen-bond donors (Lipinski definition) is 1. The smallest absolute Gasteiger partial charge is 0.128 e. The number of rotatable bonds is 8. The summed E-state index contributed by atoms with van der Waals surface area (Å²) in [5, 5.41) is 3.44. The third kappa shape index (κ3) is 5.19. The molecule has 1 N–H and O–H groups in total. The molecule has 0 spiro atoms. The van der Waals surface area contributed by atoms with Gasteiger partial charge in [-0.1, -0.05) is 33.8 Å². The highest BCUT2D eigenvalue weighted by Crippen LogP contribution is 2.16. The van der Waals surface area contributed by atoms with Gasteiger partial charge in [0.2, 0.25) is 0 Å². The Bertz CT molecular complexity index is 359. The number of nitrogens with one attached hydrogen (secondary N) is 1. The van der Waals surface area contributed by atoms with Gasteiger partial charge in [0.05, 0.1) is 5.69 Å². The Labute approximate surface area is 118 Å². The second kappa shape index (κ2) is 8.16. The summed E-state index contributed by atoms with van der Waals surface area (Å²) in [5.74, 6) is 1.76. The summed E-state index contributed by atoms with van der Waals surface area (Å²) < 4.78 is 0. The molecule has 0 radical (unpaired) electrons. The van der Waals surface area contributed by atoms with Crippen LogP contribution in [-0.2, 0) is 6.54 Å². The van der Waals surface area contributed by atoms with E-state index >= 15 is 0 Å². The van der Waals surface area contributed by atoms with E-state index in [0.717, 1.165) is 37.4 Å². The molecule has 0 unspecified atom stereocenters. The largest absolute Gasteiger partial charge is 0.357 e. The number of nitrogens with zero attached hydrogens (tertiary/aromatic N) is 2. The van der Waals surface area contributed by atoms with Crippen molar-refractivity contribution in [3.05, 3.63) is 23.9 Å². The summed E-state index contributed by atoms with van der Waals surface area (Å²) in [5.41, 5.74) is 1.12. The third-order valence-corrected chi connectivity index (χ3v) is 3.50. The van der Waals surface area contributed by atoms with Crippen LogP contribution < -0.4 is 10.2 Å². The molecule has 19 heavy (non-hydrogen) atoms. The highest BCUT2D eigenvalue weighted by Gasteiger charge is 2.12. The highest BCUT2D eigenvalue weighted by molar-refractivity contribution is 5.39. The maximum absolute atomic E-state index is 4.75. The van der Waals surface area contributed by atoms with Crippen LogP contribution in [0.4, 0.5) is 5.82 Å². The second-order valence-electron chi connectivity index (χ2n) is 5.59. The van der Waals surface area contributed by atoms with E-state index in [4.69, 9.17) is 4.98 Å². The zero-order valence-electron chi connectivity index (χ0n) is 13.1. The lowest BCUT2D eigenvalue weighted by molar-refractivity contribution is 0.546. The first-order valence-electron chi connectivity index (χ1n) is 7.47. The van der Waals surface area contributed by atoms with Crippen LogP contribution in [0.5, 0.6) is 0 Å². The van der Waals surface area contributed by atoms with Crippen LogP contribution in [0.25, 0.3) is 0 Å². The van der Waals surface area contributed by atoms with E-state index in [1.165, 1.54) is 0 Å². The van der Waals surface area contributed by atoms with Crippen LogP contribution in [0.15, 0.2) is 18.2 Å². The molecule has 0 aliphatic heterocycles. The number of anilines is 1. The predicted molar refractivity (Wildman–Crippen MR) is 83.6 cm³/mol. The minimum absolute atomic E-state index is 0.575. The van der Waals surface area contributed by atoms with Crippen LogP contribution in [0.2, 0.25) is 0 Å². The summed E-state index contributed by atoms with van der Waals surface area (Å²) >= 11 is 0. The van der Waals surface area contributed by atoms with Crippen LogP contribution in [0.3, 0.4) is 0 Å². The summed E-state index contributed by atoms with van der Waals surface area (Å²) in [4.78, 5) is 7.05. The average molecular weight is 263 g/mol. The van der Waals surface area contributed by atoms with Gasteiger partial charge in [-0.05, 0) is 37.4 Å². The van der Waals surface area contributed by atoms with Crippen LogP contribution >= 0.6 is 0 Å². The fraction of sp³-hybridized carbons (Fsp3) is 0.688. The van der Waals surface area contributed by atoms with Crippen molar-refractivity contribution in [1.82, 2.24) is 10.3 Å². The molecule has 0 aliphatic rings. The molecule has 0 fully saturated rings. The zero-order chi connectivity index (χ0) is 14.3. The maximum atomic E-state index is 4.75. The molecule has 0 saturated carbocycles. The van der Waals surface area contributed by atoms with Crippen molar-refractivity contribution in [2.45, 2.75) is 53.1 Å². The Morgan fingerprint density at radius 1 is 1.21 bits per heavy atom. The van der Waals surface area contributed by atoms with E-state index in [9.17, 15) is 0 Å². The molecule has 1 heterocycles. The van der Waals surface area contributed by atoms with Crippen LogP contribution in [0.1, 0.15) is 46.2 Å². The molecule has 1 rings (SSSR count). The van der Waals surface area contributed by atoms with Crippen molar-refractivity contribution in [3.8, 4) is 0 Å². The molecule has 0 amide bonds. The lowest BCUT2D eigenvalue weighted by Gasteiger charge is -2.27. The fourth-order valence-corrected chi connectivity index (χ4v) is 2.27. The van der Waals surface area contributed by atoms with Gasteiger partial charge in [-0.25, -0.2) is 4.98 Å². The summed E-state index contributed by atoms with van der Waals surface area (Å²) in [6.07, 6.45) is 2.31. The van der Waals surface area contributed by atoms with Gasteiger partial charge >= 0.3 is 0 Å². The van der Waals surface area contributed by atoms with Crippen LogP contribution in [0, 0.1) is 5.92 Å². The third-order valence-electron chi connectivity index (χ3n) is 3.50. The Hall–Kier alpha value is -1.09. The molecule has 3 heteroatoms. The lowest BCUT2D eigenvalue weighted by Crippen LogP contribution is -2.31. The van der Waals surface area contributed by atoms with Crippen molar-refractivity contribution in [2.75, 3.05) is 18.5 Å². The van der Waals surface area contributed by atoms with E-state index in [2.05, 4.69) is 63.2 Å². The molecular formula is C16H29N3. The minimum atomic E-state index is 0.575. The Morgan fingerprint density at radius 2 is 1.89 bits per heavy atom. The predicted octanol–water partition coefficient (Wildman–Crippen LogP) is 3.45. The zero-order valence-corrected chi connectivity index (χ0v) is 13.1. The molecule has 0 saturated heterocycles. The van der Waals surface area contributed by atoms with Crippen molar-refractivity contribution >= 4 is 5.82 Å². The highest BCUT2D eigenvalue weighted by atomic mass is 15.2. The maximum Gasteiger partial charge on any atom is 0.128 e. The summed E-state index contributed by atoms with van der Waals surface area (Å²) in [7, 11) is 2.14. The Morgan fingerprint density at radius 3 is 2.47 bits per heavy atom. The Kier molecular flexibility index (Phi) is 6.85. The quantitative estimate of drug-likeness (QED) is 0.778. The van der Waals surface area contributed by atoms with Crippen molar-refractivity contribution < 1.29 is 0 Å². The molecule has 0 bridgehead atoms. The molecule has 0 aromatic carbocycles. The van der Waals surface area contributed by atoms with Crippen molar-refractivity contribution in [2.24, 2.45) is 5.92 Å². The van der Waals surface area contributed by atoms with Gasteiger partial charge in [-0.15, -0.1) is 0 Å². The van der Waals surface area contributed by atoms with Gasteiger partial charge < -0.3 is 10.2 Å². The molecule has 1 aromatic heterocycles. The van der Waals surface area contributed by atoms with Crippen molar-refractivity contribution in [1.29, 1.82) is 0 Å². The van der Waals surface area contributed by atoms with Gasteiger partial charge in [0.25, 0.3) is 0 Å². The van der Waals surface area contributed by atoms with E-state index in [-0.39, 0.29) is 0 Å². The SMILES string of the molecule is CCC(CC)N(C)c1cccc(CNCC(C)C)n1. The van der Waals surface area contributed by atoms with E-state index in [1.54, 1.807) is 0 Å². The van der Waals surface area contributed by atoms with Gasteiger partial charge in [-0.2, -0.15) is 0 Å². The number of aromatic nitrogens is 1. The fourth-order valence-electron chi connectivity index (χ4n) is 2.27. The second-order valence-corrected chi connectivity index (χ2v) is 5.59. The van der Waals surface area contributed by atoms with E-state index < -0.39 is 0 Å². The standard InChI is InChI=1S/C16H29N3/c1-6-15(7-2)19(5)16-10-8-9-14(18-16)12-17-11-13(3)4/h8-10,13,15,17H,6-7,11-12H2,1-5H3. The van der Waals surface area contributed by atoms with Crippen LogP contribution in [-0.4, -0.2) is 24.6 Å². The first-order valence-corrected chi connectivity index (χ1v) is 7.47. The number of hydrogen-bond acceptors (Lipinski definition) is 3. The van der Waals surface area contributed by atoms with Crippen molar-refractivity contribution in [3.63, 3.8) is 0 Å². The number of pyridine rings is 1. The van der Waals surface area contributed by atoms with E-state index in [0.29, 0.717) is 12.0 Å². The first-order chi connectivity index (χ1) is 9.08. The Balaban J connectivity index is 2.65. The first kappa shape index (κ1) is 16.0. The summed E-state index contributed by atoms with van der Waals surface area (Å²) in [6.45, 7) is 10.8. The topological polar surface area (TPSA) is 28.2 Å². The van der Waals surface area contributed by atoms with Gasteiger partial charge in [0, 0.05) is 19.6 Å². The molecule has 108 valence electrons. The monoisotopic (exact) mass is 263 g/mol. The lowest BCUT2D eigenvalue weighted by atomic mass is 10.1. The molecule has 0 atom stereocenters. The average Bonchev–Trinajstić information content (AvgIpc) is 2.40. The van der Waals surface area contributed by atoms with Gasteiger partial charge in [0.1, 0.15) is 5.82 Å². The molecule has 0 aliphatic carbocycles. The minimum Gasteiger partial charge on any atom is -0.357 e. The molecular weight excluding hydrogens is 234 g/mol. The summed E-state index contributed by atoms with van der Waals surface area (Å²) in [6, 6.07) is 6.88. The molecule has 1 aromatic rings. The van der Waals surface area contributed by atoms with Gasteiger partial charge in [0.15, 0.2) is 0 Å². The molecule has 3 nitrogen and oxygen atoms in total. The normalized spacial score (nSPS) is 11.3.